The molecule has 0 unspecified atom stereocenters. The van der Waals surface area contributed by atoms with Crippen molar-refractivity contribution in [2.75, 3.05) is 59.7 Å². The fraction of sp³-hybridized carbons (Fsp3) is 0.611. The summed E-state index contributed by atoms with van der Waals surface area (Å²) in [6, 6.07) is 3.15. The number of nitrogens with one attached hydrogen (secondary N) is 1. The van der Waals surface area contributed by atoms with Gasteiger partial charge in [0.2, 0.25) is 0 Å². The van der Waals surface area contributed by atoms with Crippen LogP contribution < -0.4 is 15.8 Å². The number of methoxy groups -OCH3 is 1. The van der Waals surface area contributed by atoms with Crippen LogP contribution in [0.5, 0.6) is 5.75 Å². The molecule has 0 spiro atoms. The van der Waals surface area contributed by atoms with Gasteiger partial charge >= 0.3 is 0 Å². The Morgan fingerprint density at radius 2 is 2.08 bits per heavy atom. The Morgan fingerprint density at radius 3 is 2.68 bits per heavy atom. The van der Waals surface area contributed by atoms with Crippen LogP contribution in [-0.4, -0.2) is 69.6 Å². The molecule has 6 nitrogen and oxygen atoms in total. The second kappa shape index (κ2) is 9.27. The summed E-state index contributed by atoms with van der Waals surface area (Å²) in [6.45, 7) is 5.04. The number of piperidine rings is 1. The molecule has 3 N–H and O–H groups in total. The minimum Gasteiger partial charge on any atom is -0.496 e. The van der Waals surface area contributed by atoms with Crippen LogP contribution in [0.2, 0.25) is 5.02 Å². The number of anilines is 1. The first kappa shape index (κ1) is 19.8. The summed E-state index contributed by atoms with van der Waals surface area (Å²) in [7, 11) is 5.71. The number of ether oxygens (including phenoxy) is 1. The van der Waals surface area contributed by atoms with Crippen LogP contribution in [0.3, 0.4) is 0 Å². The highest BCUT2D eigenvalue weighted by Gasteiger charge is 2.21. The molecule has 25 heavy (non-hydrogen) atoms. The van der Waals surface area contributed by atoms with Crippen LogP contribution in [0, 0.1) is 5.92 Å². The second-order valence-electron chi connectivity index (χ2n) is 6.87. The molecule has 1 fully saturated rings. The number of nitrogens with two attached hydrogens (primary N) is 1. The first-order chi connectivity index (χ1) is 11.9. The molecule has 1 aromatic rings. The molecule has 0 atom stereocenters. The van der Waals surface area contributed by atoms with Crippen molar-refractivity contribution >= 4 is 23.2 Å². The van der Waals surface area contributed by atoms with Gasteiger partial charge in [-0.3, -0.25) is 4.79 Å². The molecule has 0 aliphatic carbocycles. The maximum absolute atomic E-state index is 12.5. The van der Waals surface area contributed by atoms with Crippen LogP contribution in [0.15, 0.2) is 12.1 Å². The van der Waals surface area contributed by atoms with Gasteiger partial charge < -0.3 is 25.6 Å². The Labute approximate surface area is 155 Å². The Morgan fingerprint density at radius 1 is 1.40 bits per heavy atom. The van der Waals surface area contributed by atoms with Crippen molar-refractivity contribution in [1.82, 2.24) is 15.1 Å². The summed E-state index contributed by atoms with van der Waals surface area (Å²) in [5.41, 5.74) is 6.59. The van der Waals surface area contributed by atoms with Gasteiger partial charge in [0.15, 0.2) is 0 Å². The lowest BCUT2D eigenvalue weighted by atomic mass is 9.96. The summed E-state index contributed by atoms with van der Waals surface area (Å²) in [6.07, 6.45) is 2.21. The van der Waals surface area contributed by atoms with Crippen LogP contribution >= 0.6 is 11.6 Å². The number of likely N-dealkylation sites (N-methyl/N-ethyl adjacent to an activating group) is 1. The number of hydrogen-bond donors (Lipinski definition) is 2. The number of amides is 1. The first-order valence-electron chi connectivity index (χ1n) is 8.69. The summed E-state index contributed by atoms with van der Waals surface area (Å²) < 4.78 is 5.24. The molecule has 0 bridgehead atoms. The number of nitrogens with zero attached hydrogens (tertiary/aromatic N) is 2. The van der Waals surface area contributed by atoms with E-state index in [2.05, 4.69) is 29.2 Å². The van der Waals surface area contributed by atoms with E-state index in [1.165, 1.54) is 7.11 Å². The van der Waals surface area contributed by atoms with Gasteiger partial charge in [0, 0.05) is 25.7 Å². The van der Waals surface area contributed by atoms with Crippen molar-refractivity contribution in [3.05, 3.63) is 22.7 Å². The van der Waals surface area contributed by atoms with Crippen molar-refractivity contribution in [2.45, 2.75) is 12.8 Å². The Kier molecular flexibility index (Phi) is 7.35. The highest BCUT2D eigenvalue weighted by Crippen LogP contribution is 2.28. The van der Waals surface area contributed by atoms with E-state index in [0.717, 1.165) is 39.0 Å². The van der Waals surface area contributed by atoms with E-state index in [-0.39, 0.29) is 5.91 Å². The largest absolute Gasteiger partial charge is 0.496 e. The van der Waals surface area contributed by atoms with E-state index in [1.54, 1.807) is 12.1 Å². The van der Waals surface area contributed by atoms with E-state index in [4.69, 9.17) is 22.1 Å². The average molecular weight is 369 g/mol. The molecule has 1 amide bonds. The standard InChI is InChI=1S/C18H29ClN4O2/c1-22(2)8-9-23-6-4-13(5-7-23)12-21-18(24)14-10-15(19)16(20)11-17(14)25-3/h10-11,13H,4-9,12,20H2,1-3H3,(H,21,24). The van der Waals surface area contributed by atoms with E-state index < -0.39 is 0 Å². The molecule has 0 saturated carbocycles. The van der Waals surface area contributed by atoms with Crippen molar-refractivity contribution in [3.63, 3.8) is 0 Å². The lowest BCUT2D eigenvalue weighted by molar-refractivity contribution is 0.0932. The highest BCUT2D eigenvalue weighted by atomic mass is 35.5. The number of halogens is 1. The molecule has 0 aromatic heterocycles. The highest BCUT2D eigenvalue weighted by molar-refractivity contribution is 6.33. The van der Waals surface area contributed by atoms with Gasteiger partial charge in [0.05, 0.1) is 23.4 Å². The van der Waals surface area contributed by atoms with E-state index in [1.807, 2.05) is 0 Å². The zero-order valence-corrected chi connectivity index (χ0v) is 16.1. The van der Waals surface area contributed by atoms with Crippen molar-refractivity contribution in [2.24, 2.45) is 5.92 Å². The number of benzene rings is 1. The quantitative estimate of drug-likeness (QED) is 0.720. The van der Waals surface area contributed by atoms with Gasteiger partial charge in [0.1, 0.15) is 5.75 Å². The van der Waals surface area contributed by atoms with Crippen LogP contribution in [0.4, 0.5) is 5.69 Å². The van der Waals surface area contributed by atoms with Crippen LogP contribution in [0.25, 0.3) is 0 Å². The fourth-order valence-corrected chi connectivity index (χ4v) is 3.17. The molecular formula is C18H29ClN4O2. The minimum absolute atomic E-state index is 0.172. The van der Waals surface area contributed by atoms with Gasteiger partial charge in [-0.1, -0.05) is 11.6 Å². The van der Waals surface area contributed by atoms with Gasteiger partial charge in [0.25, 0.3) is 5.91 Å². The summed E-state index contributed by atoms with van der Waals surface area (Å²) in [5, 5.41) is 3.37. The zero-order chi connectivity index (χ0) is 18.4. The molecular weight excluding hydrogens is 340 g/mol. The number of hydrogen-bond acceptors (Lipinski definition) is 5. The number of rotatable bonds is 7. The molecule has 1 aromatic carbocycles. The van der Waals surface area contributed by atoms with E-state index in [9.17, 15) is 4.79 Å². The number of likely N-dealkylation sites (tertiary alicyclic amines) is 1. The second-order valence-corrected chi connectivity index (χ2v) is 7.28. The first-order valence-corrected chi connectivity index (χ1v) is 9.06. The predicted octanol–water partition coefficient (Wildman–Crippen LogP) is 1.93. The number of carbonyl (C=O) groups excluding carboxylic acids is 1. The van der Waals surface area contributed by atoms with Gasteiger partial charge in [-0.2, -0.15) is 0 Å². The SMILES string of the molecule is COc1cc(N)c(Cl)cc1C(=O)NCC1CCN(CCN(C)C)CC1. The Balaban J connectivity index is 1.82. The third-order valence-electron chi connectivity index (χ3n) is 4.69. The average Bonchev–Trinajstić information content (AvgIpc) is 2.60. The molecule has 1 aliphatic rings. The monoisotopic (exact) mass is 368 g/mol. The Bertz CT molecular complexity index is 587. The third-order valence-corrected chi connectivity index (χ3v) is 5.01. The molecule has 1 heterocycles. The number of nitrogen functional groups attached to an aromatic ring is 1. The lowest BCUT2D eigenvalue weighted by Crippen LogP contribution is -2.41. The topological polar surface area (TPSA) is 70.8 Å². The molecule has 1 aliphatic heterocycles. The third kappa shape index (κ3) is 5.76. The van der Waals surface area contributed by atoms with Gasteiger partial charge in [-0.05, 0) is 52.0 Å². The zero-order valence-electron chi connectivity index (χ0n) is 15.3. The molecule has 7 heteroatoms. The van der Waals surface area contributed by atoms with Crippen LogP contribution in [-0.2, 0) is 0 Å². The predicted molar refractivity (Wildman–Crippen MR) is 102 cm³/mol. The maximum atomic E-state index is 12.5. The van der Waals surface area contributed by atoms with Gasteiger partial charge in [-0.15, -0.1) is 0 Å². The summed E-state index contributed by atoms with van der Waals surface area (Å²) in [4.78, 5) is 17.2. The lowest BCUT2D eigenvalue weighted by Gasteiger charge is -2.32. The minimum atomic E-state index is -0.172. The molecule has 140 valence electrons. The smallest absolute Gasteiger partial charge is 0.255 e. The molecule has 0 radical (unpaired) electrons. The van der Waals surface area contributed by atoms with Crippen molar-refractivity contribution < 1.29 is 9.53 Å². The van der Waals surface area contributed by atoms with Gasteiger partial charge in [-0.25, -0.2) is 0 Å². The normalized spacial score (nSPS) is 16.2. The number of carbonyl (C=O) groups is 1. The Hall–Kier alpha value is -1.50. The van der Waals surface area contributed by atoms with E-state index in [0.29, 0.717) is 34.5 Å². The fourth-order valence-electron chi connectivity index (χ4n) is 3.00. The molecule has 2 rings (SSSR count). The van der Waals surface area contributed by atoms with Crippen LogP contribution in [0.1, 0.15) is 23.2 Å². The van der Waals surface area contributed by atoms with E-state index >= 15 is 0 Å². The van der Waals surface area contributed by atoms with Crippen molar-refractivity contribution in [1.29, 1.82) is 0 Å². The van der Waals surface area contributed by atoms with Crippen molar-refractivity contribution in [3.8, 4) is 5.75 Å². The summed E-state index contributed by atoms with van der Waals surface area (Å²) >= 11 is 6.03. The summed E-state index contributed by atoms with van der Waals surface area (Å²) in [5.74, 6) is 0.779. The molecule has 1 saturated heterocycles. The maximum Gasteiger partial charge on any atom is 0.255 e.